The molecule has 0 spiro atoms. The van der Waals surface area contributed by atoms with Gasteiger partial charge in [0.25, 0.3) is 5.91 Å². The molecule has 0 aliphatic heterocycles. The Balaban J connectivity index is 2.37. The Hall–Kier alpha value is -3.61. The number of nitriles is 1. The number of carbonyl (C=O) groups is 1. The van der Waals surface area contributed by atoms with Crippen LogP contribution in [0, 0.1) is 30.6 Å². The van der Waals surface area contributed by atoms with E-state index in [1.54, 1.807) is 24.3 Å². The average molecular weight is 425 g/mol. The summed E-state index contributed by atoms with van der Waals surface area (Å²) in [6.45, 7) is 4.09. The summed E-state index contributed by atoms with van der Waals surface area (Å²) < 4.78 is 16.3. The molecule has 154 valence electrons. The van der Waals surface area contributed by atoms with E-state index in [0.717, 1.165) is 5.56 Å². The molecule has 0 unspecified atom stereocenters. The van der Waals surface area contributed by atoms with E-state index in [2.05, 4.69) is 11.2 Å². The Bertz CT molecular complexity index is 1050. The smallest absolute Gasteiger partial charge is 0.266 e. The van der Waals surface area contributed by atoms with E-state index in [0.29, 0.717) is 35.1 Å². The minimum atomic E-state index is -0.580. The van der Waals surface area contributed by atoms with Gasteiger partial charge in [-0.2, -0.15) is 5.26 Å². The summed E-state index contributed by atoms with van der Waals surface area (Å²) >= 11 is 6.30. The highest BCUT2D eigenvalue weighted by Gasteiger charge is 2.16. The summed E-state index contributed by atoms with van der Waals surface area (Å²) in [5.74, 6) is 2.95. The molecule has 6 nitrogen and oxygen atoms in total. The number of halogens is 1. The lowest BCUT2D eigenvalue weighted by Crippen LogP contribution is -2.14. The fourth-order valence-corrected chi connectivity index (χ4v) is 2.89. The van der Waals surface area contributed by atoms with E-state index in [-0.39, 0.29) is 17.2 Å². The van der Waals surface area contributed by atoms with Crippen LogP contribution in [-0.4, -0.2) is 26.2 Å². The highest BCUT2D eigenvalue weighted by molar-refractivity contribution is 6.32. The molecule has 2 rings (SSSR count). The number of ether oxygens (including phenoxy) is 3. The molecule has 0 atom stereocenters. The number of aryl methyl sites for hydroxylation is 1. The summed E-state index contributed by atoms with van der Waals surface area (Å²) in [7, 11) is 1.50. The normalized spacial score (nSPS) is 10.5. The maximum absolute atomic E-state index is 12.7. The number of methoxy groups -OCH3 is 1. The second-order valence-corrected chi connectivity index (χ2v) is 6.49. The lowest BCUT2D eigenvalue weighted by Gasteiger charge is -2.13. The predicted octanol–water partition coefficient (Wildman–Crippen LogP) is 4.61. The van der Waals surface area contributed by atoms with Crippen molar-refractivity contribution in [3.05, 3.63) is 52.1 Å². The first kappa shape index (κ1) is 22.7. The van der Waals surface area contributed by atoms with Crippen LogP contribution < -0.4 is 19.5 Å². The van der Waals surface area contributed by atoms with Gasteiger partial charge in [-0.3, -0.25) is 4.79 Å². The Morgan fingerprint density at radius 1 is 1.27 bits per heavy atom. The van der Waals surface area contributed by atoms with Gasteiger partial charge < -0.3 is 19.5 Å². The molecule has 0 aromatic heterocycles. The fraction of sp³-hybridized carbons (Fsp3) is 0.217. The summed E-state index contributed by atoms with van der Waals surface area (Å²) in [5.41, 5.74) is 1.78. The number of hydrogen-bond donors (Lipinski definition) is 1. The fourth-order valence-electron chi connectivity index (χ4n) is 2.61. The zero-order valence-electron chi connectivity index (χ0n) is 16.9. The first-order valence-electron chi connectivity index (χ1n) is 9.03. The van der Waals surface area contributed by atoms with E-state index in [4.69, 9.17) is 32.2 Å². The first-order chi connectivity index (χ1) is 14.4. The van der Waals surface area contributed by atoms with Gasteiger partial charge in [0, 0.05) is 0 Å². The van der Waals surface area contributed by atoms with Crippen LogP contribution in [0.15, 0.2) is 35.9 Å². The third-order valence-corrected chi connectivity index (χ3v) is 4.19. The number of benzene rings is 2. The minimum Gasteiger partial charge on any atom is -0.495 e. The molecule has 0 saturated carbocycles. The van der Waals surface area contributed by atoms with Crippen molar-refractivity contribution in [3.8, 4) is 35.7 Å². The van der Waals surface area contributed by atoms with Gasteiger partial charge in [-0.05, 0) is 55.3 Å². The Morgan fingerprint density at radius 3 is 2.67 bits per heavy atom. The van der Waals surface area contributed by atoms with E-state index < -0.39 is 5.91 Å². The molecule has 0 saturated heterocycles. The number of rotatable bonds is 8. The van der Waals surface area contributed by atoms with Crippen molar-refractivity contribution in [1.82, 2.24) is 0 Å². The monoisotopic (exact) mass is 424 g/mol. The molecule has 0 radical (unpaired) electrons. The lowest BCUT2D eigenvalue weighted by atomic mass is 10.1. The molecule has 0 bridgehead atoms. The average Bonchev–Trinajstić information content (AvgIpc) is 2.71. The van der Waals surface area contributed by atoms with Gasteiger partial charge in [-0.25, -0.2) is 0 Å². The van der Waals surface area contributed by atoms with Crippen LogP contribution >= 0.6 is 11.6 Å². The predicted molar refractivity (Wildman–Crippen MR) is 117 cm³/mol. The minimum absolute atomic E-state index is 0.0269. The third kappa shape index (κ3) is 5.70. The summed E-state index contributed by atoms with van der Waals surface area (Å²) in [6, 6.07) is 10.5. The number of terminal acetylenes is 1. The van der Waals surface area contributed by atoms with Crippen LogP contribution in [0.25, 0.3) is 6.08 Å². The van der Waals surface area contributed by atoms with Crippen molar-refractivity contribution in [3.63, 3.8) is 0 Å². The molecule has 1 N–H and O–H groups in total. The van der Waals surface area contributed by atoms with E-state index >= 15 is 0 Å². The van der Waals surface area contributed by atoms with Crippen molar-refractivity contribution in [2.45, 2.75) is 13.8 Å². The highest BCUT2D eigenvalue weighted by Crippen LogP contribution is 2.37. The van der Waals surface area contributed by atoms with Crippen LogP contribution in [0.5, 0.6) is 17.2 Å². The topological polar surface area (TPSA) is 80.6 Å². The van der Waals surface area contributed by atoms with Gasteiger partial charge in [0.15, 0.2) is 11.5 Å². The molecule has 0 aliphatic carbocycles. The first-order valence-corrected chi connectivity index (χ1v) is 9.41. The lowest BCUT2D eigenvalue weighted by molar-refractivity contribution is -0.112. The van der Waals surface area contributed by atoms with Crippen LogP contribution in [0.2, 0.25) is 5.02 Å². The van der Waals surface area contributed by atoms with Crippen LogP contribution in [0.4, 0.5) is 5.69 Å². The summed E-state index contributed by atoms with van der Waals surface area (Å²) in [6.07, 6.45) is 6.65. The number of nitrogens with one attached hydrogen (secondary N) is 1. The third-order valence-electron chi connectivity index (χ3n) is 3.91. The Morgan fingerprint density at radius 2 is 2.03 bits per heavy atom. The number of nitrogens with zero attached hydrogens (tertiary/aromatic N) is 1. The maximum atomic E-state index is 12.7. The SMILES string of the molecule is C#CCOc1c(Cl)cc(/C=C(\C#N)C(=O)Nc2cc(C)ccc2OC)cc1OCC. The number of anilines is 1. The molecule has 1 amide bonds. The zero-order valence-corrected chi connectivity index (χ0v) is 17.7. The molecule has 0 fully saturated rings. The number of carbonyl (C=O) groups excluding carboxylic acids is 1. The van der Waals surface area contributed by atoms with Crippen molar-refractivity contribution in [2.75, 3.05) is 25.6 Å². The van der Waals surface area contributed by atoms with Gasteiger partial charge in [0.2, 0.25) is 0 Å². The summed E-state index contributed by atoms with van der Waals surface area (Å²) in [4.78, 5) is 12.7. The van der Waals surface area contributed by atoms with Gasteiger partial charge in [0.05, 0.1) is 24.4 Å². The molecular weight excluding hydrogens is 404 g/mol. The number of hydrogen-bond acceptors (Lipinski definition) is 5. The summed E-state index contributed by atoms with van der Waals surface area (Å²) in [5, 5.41) is 12.5. The van der Waals surface area contributed by atoms with Gasteiger partial charge in [0.1, 0.15) is 24.0 Å². The molecular formula is C23H21ClN2O4. The molecule has 7 heteroatoms. The van der Waals surface area contributed by atoms with Crippen LogP contribution in [0.1, 0.15) is 18.1 Å². The highest BCUT2D eigenvalue weighted by atomic mass is 35.5. The van der Waals surface area contributed by atoms with Crippen molar-refractivity contribution < 1.29 is 19.0 Å². The second kappa shape index (κ2) is 10.8. The zero-order chi connectivity index (χ0) is 22.1. The van der Waals surface area contributed by atoms with Crippen molar-refractivity contribution in [1.29, 1.82) is 5.26 Å². The van der Waals surface area contributed by atoms with E-state index in [9.17, 15) is 10.1 Å². The molecule has 0 heterocycles. The second-order valence-electron chi connectivity index (χ2n) is 6.08. The van der Waals surface area contributed by atoms with Gasteiger partial charge in [-0.15, -0.1) is 6.42 Å². The largest absolute Gasteiger partial charge is 0.495 e. The van der Waals surface area contributed by atoms with Gasteiger partial charge in [-0.1, -0.05) is 23.6 Å². The molecule has 0 aliphatic rings. The van der Waals surface area contributed by atoms with Crippen LogP contribution in [0.3, 0.4) is 0 Å². The molecule has 2 aromatic carbocycles. The van der Waals surface area contributed by atoms with Crippen molar-refractivity contribution in [2.24, 2.45) is 0 Å². The Kier molecular flexibility index (Phi) is 8.17. The van der Waals surface area contributed by atoms with Crippen molar-refractivity contribution >= 4 is 29.3 Å². The van der Waals surface area contributed by atoms with Crippen LogP contribution in [-0.2, 0) is 4.79 Å². The van der Waals surface area contributed by atoms with Gasteiger partial charge >= 0.3 is 0 Å². The standard InChI is InChI=1S/C23H21ClN2O4/c1-5-9-30-22-18(24)12-16(13-21(22)29-6-2)11-17(14-25)23(27)26-19-10-15(3)7-8-20(19)28-4/h1,7-8,10-13H,6,9H2,2-4H3,(H,26,27)/b17-11+. The number of amides is 1. The van der Waals surface area contributed by atoms with E-state index in [1.165, 1.54) is 13.2 Å². The van der Waals surface area contributed by atoms with E-state index in [1.807, 2.05) is 26.0 Å². The Labute approximate surface area is 181 Å². The quantitative estimate of drug-likeness (QED) is 0.380. The maximum Gasteiger partial charge on any atom is 0.266 e. The molecule has 2 aromatic rings. The molecule has 30 heavy (non-hydrogen) atoms.